The number of hydrogen-bond acceptors (Lipinski definition) is 6. The Balaban J connectivity index is 1.92. The zero-order valence-corrected chi connectivity index (χ0v) is 13.6. The van der Waals surface area contributed by atoms with E-state index in [-0.39, 0.29) is 11.4 Å². The van der Waals surface area contributed by atoms with Gasteiger partial charge in [0.15, 0.2) is 0 Å². The van der Waals surface area contributed by atoms with E-state index in [0.717, 1.165) is 11.6 Å². The Morgan fingerprint density at radius 3 is 2.90 bits per heavy atom. The molecule has 0 bridgehead atoms. The second kappa shape index (κ2) is 7.12. The smallest absolute Gasteiger partial charge is 0.244 e. The molecule has 2 heterocycles. The molecule has 9 heteroatoms. The van der Waals surface area contributed by atoms with Gasteiger partial charge in [-0.2, -0.15) is 5.10 Å². The molecule has 0 radical (unpaired) electrons. The van der Waals surface area contributed by atoms with E-state index in [1.54, 1.807) is 10.9 Å². The summed E-state index contributed by atoms with van der Waals surface area (Å²) in [6.07, 6.45) is 4.54. The van der Waals surface area contributed by atoms with E-state index in [0.29, 0.717) is 12.6 Å². The second-order valence-corrected chi connectivity index (χ2v) is 7.54. The average molecular weight is 329 g/mol. The topological polar surface area (TPSA) is 88.9 Å². The summed E-state index contributed by atoms with van der Waals surface area (Å²) in [4.78, 5) is 4.21. The number of aromatic nitrogens is 3. The van der Waals surface area contributed by atoms with E-state index in [4.69, 9.17) is 0 Å². The maximum absolute atomic E-state index is 12.1. The Bertz CT molecular complexity index is 649. The SMILES string of the molecule is CC(C)NCCn1cc(S(=O)(=O)NCc2nccs2)cn1. The molecule has 2 N–H and O–H groups in total. The Kier molecular flexibility index (Phi) is 5.45. The lowest BCUT2D eigenvalue weighted by Gasteiger charge is -2.07. The summed E-state index contributed by atoms with van der Waals surface area (Å²) in [6.45, 7) is 5.68. The first-order valence-corrected chi connectivity index (χ1v) is 8.97. The third-order valence-electron chi connectivity index (χ3n) is 2.71. The first kappa shape index (κ1) is 16.1. The maximum atomic E-state index is 12.1. The van der Waals surface area contributed by atoms with Gasteiger partial charge in [-0.15, -0.1) is 11.3 Å². The minimum atomic E-state index is -3.54. The zero-order valence-electron chi connectivity index (χ0n) is 12.0. The van der Waals surface area contributed by atoms with E-state index in [1.165, 1.54) is 23.7 Å². The molecule has 0 atom stereocenters. The normalized spacial score (nSPS) is 12.1. The van der Waals surface area contributed by atoms with Crippen molar-refractivity contribution in [2.75, 3.05) is 6.54 Å². The van der Waals surface area contributed by atoms with Crippen molar-refractivity contribution in [1.82, 2.24) is 24.8 Å². The third kappa shape index (κ3) is 4.88. The lowest BCUT2D eigenvalue weighted by Crippen LogP contribution is -2.26. The van der Waals surface area contributed by atoms with Crippen LogP contribution < -0.4 is 10.0 Å². The van der Waals surface area contributed by atoms with Crippen molar-refractivity contribution < 1.29 is 8.42 Å². The molecule has 2 rings (SSSR count). The molecule has 0 aromatic carbocycles. The highest BCUT2D eigenvalue weighted by molar-refractivity contribution is 7.89. The highest BCUT2D eigenvalue weighted by atomic mass is 32.2. The summed E-state index contributed by atoms with van der Waals surface area (Å²) in [7, 11) is -3.54. The number of rotatable bonds is 8. The Morgan fingerprint density at radius 1 is 1.43 bits per heavy atom. The summed E-state index contributed by atoms with van der Waals surface area (Å²) in [5.74, 6) is 0. The molecule has 0 amide bonds. The van der Waals surface area contributed by atoms with Crippen molar-refractivity contribution >= 4 is 21.4 Å². The number of nitrogens with zero attached hydrogens (tertiary/aromatic N) is 3. The summed E-state index contributed by atoms with van der Waals surface area (Å²) < 4.78 is 28.4. The first-order chi connectivity index (χ1) is 9.97. The van der Waals surface area contributed by atoms with Crippen molar-refractivity contribution in [3.63, 3.8) is 0 Å². The minimum Gasteiger partial charge on any atom is -0.313 e. The quantitative estimate of drug-likeness (QED) is 0.748. The van der Waals surface area contributed by atoms with E-state index in [2.05, 4.69) is 34.0 Å². The molecule has 0 saturated carbocycles. The van der Waals surface area contributed by atoms with Gasteiger partial charge >= 0.3 is 0 Å². The average Bonchev–Trinajstić information content (AvgIpc) is 3.07. The molecule has 0 aliphatic heterocycles. The molecule has 7 nitrogen and oxygen atoms in total. The van der Waals surface area contributed by atoms with E-state index >= 15 is 0 Å². The lowest BCUT2D eigenvalue weighted by molar-refractivity contribution is 0.514. The molecule has 0 unspecified atom stereocenters. The van der Waals surface area contributed by atoms with Crippen molar-refractivity contribution in [2.24, 2.45) is 0 Å². The lowest BCUT2D eigenvalue weighted by atomic mass is 10.4. The fraction of sp³-hybridized carbons (Fsp3) is 0.500. The van der Waals surface area contributed by atoms with Gasteiger partial charge in [-0.25, -0.2) is 18.1 Å². The molecule has 2 aromatic heterocycles. The van der Waals surface area contributed by atoms with Gasteiger partial charge in [0.05, 0.1) is 19.3 Å². The molecule has 0 aliphatic rings. The van der Waals surface area contributed by atoms with Crippen LogP contribution in [0.15, 0.2) is 28.9 Å². The molecule has 21 heavy (non-hydrogen) atoms. The van der Waals surface area contributed by atoms with Crippen LogP contribution in [-0.2, 0) is 23.1 Å². The highest BCUT2D eigenvalue weighted by Gasteiger charge is 2.16. The van der Waals surface area contributed by atoms with Gasteiger partial charge in [0.25, 0.3) is 0 Å². The summed E-state index contributed by atoms with van der Waals surface area (Å²) in [5, 5.41) is 9.86. The van der Waals surface area contributed by atoms with Crippen LogP contribution in [0.25, 0.3) is 0 Å². The van der Waals surface area contributed by atoms with Gasteiger partial charge in [0, 0.05) is 30.4 Å². The highest BCUT2D eigenvalue weighted by Crippen LogP contribution is 2.09. The predicted molar refractivity (Wildman–Crippen MR) is 81.5 cm³/mol. The molecule has 0 fully saturated rings. The fourth-order valence-corrected chi connectivity index (χ4v) is 3.24. The molecule has 116 valence electrons. The Morgan fingerprint density at radius 2 is 2.24 bits per heavy atom. The predicted octanol–water partition coefficient (Wildman–Crippen LogP) is 0.816. The summed E-state index contributed by atoms with van der Waals surface area (Å²) >= 11 is 1.41. The standard InChI is InChI=1S/C12H19N5O2S2/c1-10(2)13-3-5-17-9-11(7-15-17)21(18,19)16-8-12-14-4-6-20-12/h4,6-7,9-10,13,16H,3,5,8H2,1-2H3. The third-order valence-corrected chi connectivity index (χ3v) is 4.85. The van der Waals surface area contributed by atoms with Crippen molar-refractivity contribution in [1.29, 1.82) is 0 Å². The van der Waals surface area contributed by atoms with Crippen LogP contribution >= 0.6 is 11.3 Å². The summed E-state index contributed by atoms with van der Waals surface area (Å²) in [5.41, 5.74) is 0. The monoisotopic (exact) mass is 329 g/mol. The molecule has 0 saturated heterocycles. The fourth-order valence-electron chi connectivity index (χ4n) is 1.65. The molecule has 0 aliphatic carbocycles. The van der Waals surface area contributed by atoms with Crippen LogP contribution in [0.1, 0.15) is 18.9 Å². The van der Waals surface area contributed by atoms with Crippen molar-refractivity contribution in [2.45, 2.75) is 37.9 Å². The molecular formula is C12H19N5O2S2. The number of thiazole rings is 1. The Hall–Kier alpha value is -1.29. The largest absolute Gasteiger partial charge is 0.313 e. The van der Waals surface area contributed by atoms with Gasteiger partial charge < -0.3 is 5.32 Å². The number of sulfonamides is 1. The zero-order chi connectivity index (χ0) is 15.3. The maximum Gasteiger partial charge on any atom is 0.244 e. The number of nitrogens with one attached hydrogen (secondary N) is 2. The van der Waals surface area contributed by atoms with Crippen molar-refractivity contribution in [3.05, 3.63) is 29.0 Å². The summed E-state index contributed by atoms with van der Waals surface area (Å²) in [6, 6.07) is 0.392. The van der Waals surface area contributed by atoms with E-state index < -0.39 is 10.0 Å². The van der Waals surface area contributed by atoms with E-state index in [1.807, 2.05) is 5.38 Å². The van der Waals surface area contributed by atoms with E-state index in [9.17, 15) is 8.42 Å². The first-order valence-electron chi connectivity index (χ1n) is 6.61. The van der Waals surface area contributed by atoms with Gasteiger partial charge in [-0.3, -0.25) is 4.68 Å². The second-order valence-electron chi connectivity index (χ2n) is 4.80. The van der Waals surface area contributed by atoms with Crippen molar-refractivity contribution in [3.8, 4) is 0 Å². The van der Waals surface area contributed by atoms with Gasteiger partial charge in [0.1, 0.15) is 9.90 Å². The number of hydrogen-bond donors (Lipinski definition) is 2. The van der Waals surface area contributed by atoms with Crippen LogP contribution in [0.3, 0.4) is 0 Å². The molecule has 0 spiro atoms. The van der Waals surface area contributed by atoms with Crippen LogP contribution in [0.5, 0.6) is 0 Å². The van der Waals surface area contributed by atoms with Crippen LogP contribution in [0.4, 0.5) is 0 Å². The molecule has 2 aromatic rings. The Labute approximate surface area is 128 Å². The van der Waals surface area contributed by atoms with Crippen LogP contribution in [0, 0.1) is 0 Å². The van der Waals surface area contributed by atoms with Crippen LogP contribution in [-0.4, -0.2) is 35.8 Å². The van der Waals surface area contributed by atoms with Gasteiger partial charge in [-0.1, -0.05) is 13.8 Å². The minimum absolute atomic E-state index is 0.170. The van der Waals surface area contributed by atoms with Gasteiger partial charge in [0.2, 0.25) is 10.0 Å². The van der Waals surface area contributed by atoms with Crippen LogP contribution in [0.2, 0.25) is 0 Å². The molecular weight excluding hydrogens is 310 g/mol. The van der Waals surface area contributed by atoms with Gasteiger partial charge in [-0.05, 0) is 0 Å².